The number of carboxylic acid groups (broad SMARTS) is 1. The van der Waals surface area contributed by atoms with Crippen LogP contribution in [0.4, 0.5) is 0 Å². The normalized spacial score (nSPS) is 11.9. The molecule has 0 aliphatic carbocycles. The van der Waals surface area contributed by atoms with Crippen molar-refractivity contribution in [3.05, 3.63) is 41.5 Å². The molecule has 0 bridgehead atoms. The number of rotatable bonds is 2. The van der Waals surface area contributed by atoms with Gasteiger partial charge in [-0.25, -0.2) is 4.79 Å². The molecule has 0 aliphatic heterocycles. The molecule has 0 spiro atoms. The Bertz CT molecular complexity index is 411. The number of hydrogen-bond donors (Lipinski definition) is 1. The zero-order chi connectivity index (χ0) is 12.3. The van der Waals surface area contributed by atoms with Crippen molar-refractivity contribution in [2.24, 2.45) is 0 Å². The van der Waals surface area contributed by atoms with Crippen LogP contribution in [0.15, 0.2) is 30.3 Å². The Morgan fingerprint density at radius 3 is 2.00 bits per heavy atom. The molecule has 0 fully saturated rings. The van der Waals surface area contributed by atoms with Gasteiger partial charge in [0.15, 0.2) is 0 Å². The molecule has 0 saturated carbocycles. The molecule has 88 valence electrons. The van der Waals surface area contributed by atoms with E-state index < -0.39 is 5.97 Å². The zero-order valence-corrected chi connectivity index (χ0v) is 10.2. The van der Waals surface area contributed by atoms with Crippen molar-refractivity contribution in [2.45, 2.75) is 33.1 Å². The number of carbonyl (C=O) groups is 1. The first-order valence-electron chi connectivity index (χ1n) is 5.33. The Balaban J connectivity index is 0.00000256. The predicted molar refractivity (Wildman–Crippen MR) is 73.6 cm³/mol. The molecule has 1 aromatic rings. The average Bonchev–Trinajstić information content (AvgIpc) is 2.15. The molecule has 1 rings (SSSR count). The quantitative estimate of drug-likeness (QED) is 0.639. The molecular formula is C14H19NaO2. The Kier molecular flexibility index (Phi) is 6.17. The maximum absolute atomic E-state index is 10.5. The molecule has 1 aromatic carbocycles. The molecular weight excluding hydrogens is 223 g/mol. The van der Waals surface area contributed by atoms with E-state index >= 15 is 0 Å². The van der Waals surface area contributed by atoms with Crippen molar-refractivity contribution >= 4 is 41.1 Å². The fourth-order valence-corrected chi connectivity index (χ4v) is 1.50. The third-order valence-corrected chi connectivity index (χ3v) is 2.55. The molecule has 0 aromatic heterocycles. The first kappa shape index (κ1) is 16.4. The van der Waals surface area contributed by atoms with Crippen molar-refractivity contribution in [3.8, 4) is 0 Å². The zero-order valence-electron chi connectivity index (χ0n) is 10.2. The van der Waals surface area contributed by atoms with Crippen molar-refractivity contribution in [1.29, 1.82) is 0 Å². The van der Waals surface area contributed by atoms with Gasteiger partial charge in [-0.3, -0.25) is 0 Å². The van der Waals surface area contributed by atoms with E-state index in [1.54, 1.807) is 6.92 Å². The van der Waals surface area contributed by atoms with Gasteiger partial charge in [0.05, 0.1) is 0 Å². The minimum atomic E-state index is -0.905. The second-order valence-electron chi connectivity index (χ2n) is 4.99. The van der Waals surface area contributed by atoms with Crippen LogP contribution in [-0.2, 0) is 10.2 Å². The molecule has 2 nitrogen and oxygen atoms in total. The predicted octanol–water partition coefficient (Wildman–Crippen LogP) is 2.82. The standard InChI is InChI=1S/C14H18O2.Na.H/c1-10(9-13(15)16)11-5-7-12(8-6-11)14(2,3)4;;/h5-9H,1-4H3,(H,15,16);;. The molecule has 0 radical (unpaired) electrons. The van der Waals surface area contributed by atoms with E-state index in [4.69, 9.17) is 5.11 Å². The Hall–Kier alpha value is -0.570. The fraction of sp³-hybridized carbons (Fsp3) is 0.357. The van der Waals surface area contributed by atoms with Gasteiger partial charge in [-0.15, -0.1) is 0 Å². The summed E-state index contributed by atoms with van der Waals surface area (Å²) in [6.45, 7) is 8.27. The third-order valence-electron chi connectivity index (χ3n) is 2.55. The first-order valence-corrected chi connectivity index (χ1v) is 5.33. The summed E-state index contributed by atoms with van der Waals surface area (Å²) in [5, 5.41) is 8.65. The fourth-order valence-electron chi connectivity index (χ4n) is 1.50. The van der Waals surface area contributed by atoms with E-state index in [2.05, 4.69) is 32.9 Å². The van der Waals surface area contributed by atoms with Crippen LogP contribution in [0.1, 0.15) is 38.8 Å². The van der Waals surface area contributed by atoms with E-state index in [1.807, 2.05) is 12.1 Å². The average molecular weight is 242 g/mol. The number of allylic oxidation sites excluding steroid dienone is 1. The molecule has 0 aliphatic rings. The second kappa shape index (κ2) is 6.39. The van der Waals surface area contributed by atoms with Gasteiger partial charge in [0.2, 0.25) is 0 Å². The van der Waals surface area contributed by atoms with Crippen molar-refractivity contribution in [3.63, 3.8) is 0 Å². The number of benzene rings is 1. The van der Waals surface area contributed by atoms with E-state index in [0.29, 0.717) is 0 Å². The SMILES string of the molecule is CC(=CC(=O)O)c1ccc(C(C)(C)C)cc1.[NaH]. The number of carboxylic acids is 1. The first-order chi connectivity index (χ1) is 7.30. The van der Waals surface area contributed by atoms with Crippen LogP contribution in [0.5, 0.6) is 0 Å². The van der Waals surface area contributed by atoms with Crippen LogP contribution < -0.4 is 0 Å². The summed E-state index contributed by atoms with van der Waals surface area (Å²) < 4.78 is 0. The third kappa shape index (κ3) is 5.07. The summed E-state index contributed by atoms with van der Waals surface area (Å²) in [5.41, 5.74) is 3.10. The molecule has 0 heterocycles. The molecule has 17 heavy (non-hydrogen) atoms. The molecule has 0 amide bonds. The van der Waals surface area contributed by atoms with Gasteiger partial charge in [0.1, 0.15) is 0 Å². The minimum absolute atomic E-state index is 0. The molecule has 1 N–H and O–H groups in total. The van der Waals surface area contributed by atoms with Gasteiger partial charge in [-0.05, 0) is 29.0 Å². The van der Waals surface area contributed by atoms with Gasteiger partial charge in [-0.1, -0.05) is 45.0 Å². The summed E-state index contributed by atoms with van der Waals surface area (Å²) in [4.78, 5) is 10.5. The maximum atomic E-state index is 10.5. The van der Waals surface area contributed by atoms with E-state index in [-0.39, 0.29) is 35.0 Å². The van der Waals surface area contributed by atoms with Crippen LogP contribution in [0.3, 0.4) is 0 Å². The van der Waals surface area contributed by atoms with Gasteiger partial charge in [-0.2, -0.15) is 0 Å². The number of hydrogen-bond acceptors (Lipinski definition) is 1. The topological polar surface area (TPSA) is 37.3 Å². The Morgan fingerprint density at radius 2 is 1.65 bits per heavy atom. The van der Waals surface area contributed by atoms with Crippen LogP contribution in [0.25, 0.3) is 5.57 Å². The van der Waals surface area contributed by atoms with Crippen LogP contribution >= 0.6 is 0 Å². The second-order valence-corrected chi connectivity index (χ2v) is 4.99. The van der Waals surface area contributed by atoms with Gasteiger partial charge in [0, 0.05) is 6.08 Å². The summed E-state index contributed by atoms with van der Waals surface area (Å²) in [6.07, 6.45) is 1.23. The van der Waals surface area contributed by atoms with Crippen molar-refractivity contribution in [1.82, 2.24) is 0 Å². The summed E-state index contributed by atoms with van der Waals surface area (Å²) in [6, 6.07) is 8.04. The Morgan fingerprint density at radius 1 is 1.18 bits per heavy atom. The molecule has 3 heteroatoms. The van der Waals surface area contributed by atoms with Crippen LogP contribution in [0, 0.1) is 0 Å². The molecule has 0 atom stereocenters. The Labute approximate surface area is 125 Å². The van der Waals surface area contributed by atoms with Crippen molar-refractivity contribution < 1.29 is 9.90 Å². The van der Waals surface area contributed by atoms with E-state index in [9.17, 15) is 4.79 Å². The van der Waals surface area contributed by atoms with Crippen LogP contribution in [0.2, 0.25) is 0 Å². The van der Waals surface area contributed by atoms with Gasteiger partial charge >= 0.3 is 35.5 Å². The van der Waals surface area contributed by atoms with E-state index in [0.717, 1.165) is 11.1 Å². The molecule has 0 unspecified atom stereocenters. The van der Waals surface area contributed by atoms with Crippen molar-refractivity contribution in [2.75, 3.05) is 0 Å². The van der Waals surface area contributed by atoms with E-state index in [1.165, 1.54) is 11.6 Å². The monoisotopic (exact) mass is 242 g/mol. The summed E-state index contributed by atoms with van der Waals surface area (Å²) in [7, 11) is 0. The summed E-state index contributed by atoms with van der Waals surface area (Å²) >= 11 is 0. The van der Waals surface area contributed by atoms with Gasteiger partial charge in [0.25, 0.3) is 0 Å². The summed E-state index contributed by atoms with van der Waals surface area (Å²) in [5.74, 6) is -0.905. The van der Waals surface area contributed by atoms with Crippen LogP contribution in [-0.4, -0.2) is 40.6 Å². The van der Waals surface area contributed by atoms with Gasteiger partial charge < -0.3 is 5.11 Å². The number of aliphatic carboxylic acids is 1. The molecule has 0 saturated heterocycles.